The van der Waals surface area contributed by atoms with Crippen molar-refractivity contribution in [3.63, 3.8) is 0 Å². The molecule has 0 aliphatic carbocycles. The second kappa shape index (κ2) is 5.01. The molecule has 1 aromatic heterocycles. The van der Waals surface area contributed by atoms with E-state index in [1.807, 2.05) is 0 Å². The van der Waals surface area contributed by atoms with Crippen molar-refractivity contribution >= 4 is 23.2 Å². The maximum atomic E-state index is 5.96. The van der Waals surface area contributed by atoms with E-state index in [0.717, 1.165) is 25.9 Å². The number of rotatable bonds is 2. The first-order chi connectivity index (χ1) is 7.25. The maximum Gasteiger partial charge on any atom is 0.232 e. The molecule has 0 aromatic carbocycles. The van der Waals surface area contributed by atoms with Crippen LogP contribution in [0.25, 0.3) is 0 Å². The molecule has 1 saturated heterocycles. The quantitative estimate of drug-likeness (QED) is 0.871. The number of nitrogens with zero attached hydrogens (tertiary/aromatic N) is 1. The summed E-state index contributed by atoms with van der Waals surface area (Å²) in [6, 6.07) is 1.64. The molecular formula is C10H12Cl2N2O. The zero-order chi connectivity index (χ0) is 10.7. The molecule has 1 N–H and O–H groups in total. The van der Waals surface area contributed by atoms with Crippen LogP contribution in [0.1, 0.15) is 12.8 Å². The van der Waals surface area contributed by atoms with Gasteiger partial charge in [0.2, 0.25) is 5.88 Å². The normalized spacial score (nSPS) is 21.3. The Labute approximate surface area is 98.7 Å². The van der Waals surface area contributed by atoms with Crippen molar-refractivity contribution in [3.05, 3.63) is 22.3 Å². The molecule has 1 aromatic rings. The summed E-state index contributed by atoms with van der Waals surface area (Å²) in [7, 11) is 0. The minimum absolute atomic E-state index is 0.157. The van der Waals surface area contributed by atoms with Crippen LogP contribution >= 0.6 is 23.2 Å². The molecule has 2 heterocycles. The Hall–Kier alpha value is -0.510. The second-order valence-electron chi connectivity index (χ2n) is 3.53. The van der Waals surface area contributed by atoms with E-state index in [0.29, 0.717) is 15.9 Å². The second-order valence-corrected chi connectivity index (χ2v) is 4.37. The number of halogens is 2. The van der Waals surface area contributed by atoms with Gasteiger partial charge in [-0.3, -0.25) is 0 Å². The van der Waals surface area contributed by atoms with Crippen molar-refractivity contribution in [1.29, 1.82) is 0 Å². The molecule has 2 rings (SSSR count). The average molecular weight is 247 g/mol. The third-order valence-corrected chi connectivity index (χ3v) is 2.78. The van der Waals surface area contributed by atoms with Crippen LogP contribution in [-0.4, -0.2) is 24.2 Å². The highest BCUT2D eigenvalue weighted by molar-refractivity contribution is 6.35. The molecule has 0 saturated carbocycles. The molecule has 1 unspecified atom stereocenters. The summed E-state index contributed by atoms with van der Waals surface area (Å²) in [6.45, 7) is 1.91. The van der Waals surface area contributed by atoms with Crippen LogP contribution in [0.4, 0.5) is 0 Å². The highest BCUT2D eigenvalue weighted by atomic mass is 35.5. The van der Waals surface area contributed by atoms with Crippen molar-refractivity contribution in [2.45, 2.75) is 18.9 Å². The van der Waals surface area contributed by atoms with Crippen molar-refractivity contribution < 1.29 is 4.74 Å². The fourth-order valence-electron chi connectivity index (χ4n) is 1.57. The first-order valence-electron chi connectivity index (χ1n) is 4.94. The van der Waals surface area contributed by atoms with E-state index in [2.05, 4.69) is 10.3 Å². The van der Waals surface area contributed by atoms with Gasteiger partial charge in [0.1, 0.15) is 11.1 Å². The third-order valence-electron chi connectivity index (χ3n) is 2.30. The standard InChI is InChI=1S/C10H12Cl2N2O/c11-7-4-9(12)10(14-5-7)15-8-2-1-3-13-6-8/h4-5,8,13H,1-3,6H2. The van der Waals surface area contributed by atoms with E-state index in [9.17, 15) is 0 Å². The van der Waals surface area contributed by atoms with E-state index in [1.54, 1.807) is 12.3 Å². The van der Waals surface area contributed by atoms with Gasteiger partial charge in [-0.2, -0.15) is 0 Å². The molecule has 1 aliphatic heterocycles. The van der Waals surface area contributed by atoms with Crippen molar-refractivity contribution in [3.8, 4) is 5.88 Å². The maximum absolute atomic E-state index is 5.96. The number of pyridine rings is 1. The Kier molecular flexibility index (Phi) is 3.67. The van der Waals surface area contributed by atoms with Crippen LogP contribution in [0.2, 0.25) is 10.0 Å². The van der Waals surface area contributed by atoms with E-state index >= 15 is 0 Å². The van der Waals surface area contributed by atoms with E-state index in [-0.39, 0.29) is 6.10 Å². The number of hydrogen-bond donors (Lipinski definition) is 1. The predicted octanol–water partition coefficient (Wildman–Crippen LogP) is 2.52. The zero-order valence-corrected chi connectivity index (χ0v) is 9.68. The van der Waals surface area contributed by atoms with Gasteiger partial charge in [0, 0.05) is 12.7 Å². The Morgan fingerprint density at radius 2 is 2.33 bits per heavy atom. The first kappa shape index (κ1) is 11.0. The topological polar surface area (TPSA) is 34.1 Å². The summed E-state index contributed by atoms with van der Waals surface area (Å²) in [5, 5.41) is 4.25. The number of aromatic nitrogens is 1. The summed E-state index contributed by atoms with van der Waals surface area (Å²) >= 11 is 11.7. The van der Waals surface area contributed by atoms with E-state index in [4.69, 9.17) is 27.9 Å². The molecule has 3 nitrogen and oxygen atoms in total. The van der Waals surface area contributed by atoms with Crippen molar-refractivity contribution in [2.24, 2.45) is 0 Å². The minimum atomic E-state index is 0.157. The molecule has 1 fully saturated rings. The highest BCUT2D eigenvalue weighted by Gasteiger charge is 2.16. The summed E-state index contributed by atoms with van der Waals surface area (Å²) < 4.78 is 5.68. The van der Waals surface area contributed by atoms with E-state index in [1.165, 1.54) is 0 Å². The van der Waals surface area contributed by atoms with Gasteiger partial charge in [0.15, 0.2) is 0 Å². The van der Waals surface area contributed by atoms with Crippen LogP contribution < -0.4 is 10.1 Å². The largest absolute Gasteiger partial charge is 0.472 e. The van der Waals surface area contributed by atoms with Gasteiger partial charge < -0.3 is 10.1 Å². The van der Waals surface area contributed by atoms with Gasteiger partial charge in [-0.1, -0.05) is 23.2 Å². The van der Waals surface area contributed by atoms with Gasteiger partial charge >= 0.3 is 0 Å². The molecule has 0 radical (unpaired) electrons. The molecule has 1 aliphatic rings. The molecule has 0 bridgehead atoms. The van der Waals surface area contributed by atoms with Gasteiger partial charge in [-0.15, -0.1) is 0 Å². The molecular weight excluding hydrogens is 235 g/mol. The smallest absolute Gasteiger partial charge is 0.232 e. The third kappa shape index (κ3) is 2.97. The Morgan fingerprint density at radius 1 is 1.47 bits per heavy atom. The van der Waals surface area contributed by atoms with Crippen LogP contribution in [0, 0.1) is 0 Å². The lowest BCUT2D eigenvalue weighted by Gasteiger charge is -2.23. The molecule has 82 valence electrons. The Balaban J connectivity index is 2.03. The minimum Gasteiger partial charge on any atom is -0.472 e. The lowest BCUT2D eigenvalue weighted by atomic mass is 10.1. The molecule has 0 amide bonds. The van der Waals surface area contributed by atoms with Crippen molar-refractivity contribution in [1.82, 2.24) is 10.3 Å². The predicted molar refractivity (Wildman–Crippen MR) is 60.8 cm³/mol. The number of ether oxygens (including phenoxy) is 1. The van der Waals surface area contributed by atoms with Crippen LogP contribution in [0.3, 0.4) is 0 Å². The number of piperidine rings is 1. The lowest BCUT2D eigenvalue weighted by molar-refractivity contribution is 0.160. The Bertz CT molecular complexity index is 340. The summed E-state index contributed by atoms with van der Waals surface area (Å²) in [5.74, 6) is 0.467. The Morgan fingerprint density at radius 3 is 3.00 bits per heavy atom. The summed E-state index contributed by atoms with van der Waals surface area (Å²) in [4.78, 5) is 4.06. The SMILES string of the molecule is Clc1cnc(OC2CCCNC2)c(Cl)c1. The van der Waals surface area contributed by atoms with Gasteiger partial charge in [-0.05, 0) is 25.5 Å². The van der Waals surface area contributed by atoms with Crippen molar-refractivity contribution in [2.75, 3.05) is 13.1 Å². The molecule has 15 heavy (non-hydrogen) atoms. The monoisotopic (exact) mass is 246 g/mol. The number of hydrogen-bond acceptors (Lipinski definition) is 3. The lowest BCUT2D eigenvalue weighted by Crippen LogP contribution is -2.37. The molecule has 1 atom stereocenters. The van der Waals surface area contributed by atoms with Crippen LogP contribution in [-0.2, 0) is 0 Å². The van der Waals surface area contributed by atoms with E-state index < -0.39 is 0 Å². The van der Waals surface area contributed by atoms with Gasteiger partial charge in [0.05, 0.1) is 5.02 Å². The van der Waals surface area contributed by atoms with Gasteiger partial charge in [0.25, 0.3) is 0 Å². The highest BCUT2D eigenvalue weighted by Crippen LogP contribution is 2.26. The molecule has 5 heteroatoms. The summed E-state index contributed by atoms with van der Waals surface area (Å²) in [5.41, 5.74) is 0. The first-order valence-corrected chi connectivity index (χ1v) is 5.70. The molecule has 0 spiro atoms. The fraction of sp³-hybridized carbons (Fsp3) is 0.500. The van der Waals surface area contributed by atoms with Crippen LogP contribution in [0.5, 0.6) is 5.88 Å². The average Bonchev–Trinajstić information content (AvgIpc) is 2.24. The van der Waals surface area contributed by atoms with Gasteiger partial charge in [-0.25, -0.2) is 4.98 Å². The van der Waals surface area contributed by atoms with Crippen LogP contribution in [0.15, 0.2) is 12.3 Å². The summed E-state index contributed by atoms with van der Waals surface area (Å²) in [6.07, 6.45) is 3.85. The number of nitrogens with one attached hydrogen (secondary N) is 1. The fourth-order valence-corrected chi connectivity index (χ4v) is 1.99. The zero-order valence-electron chi connectivity index (χ0n) is 8.17.